The molecule has 0 amide bonds. The maximum atomic E-state index is 9.99. The smallest absolute Gasteiger partial charge is 0.423 e. The van der Waals surface area contributed by atoms with E-state index in [0.29, 0.717) is 5.46 Å². The third-order valence-electron chi connectivity index (χ3n) is 8.11. The van der Waals surface area contributed by atoms with Crippen LogP contribution >= 0.6 is 0 Å². The molecule has 8 aromatic rings. The molecule has 0 aliphatic carbocycles. The van der Waals surface area contributed by atoms with E-state index in [0.717, 1.165) is 49.8 Å². The molecule has 0 saturated carbocycles. The SMILES string of the molecule is OB(O)c1cccc(-n2c3ccccc3c3ccc4c5ccccc5n(-c5cccc(-c6ccccc6)c5)c4c32)c1. The fourth-order valence-corrected chi connectivity index (χ4v) is 6.32. The molecule has 0 fully saturated rings. The molecule has 0 atom stereocenters. The van der Waals surface area contributed by atoms with Gasteiger partial charge in [0.05, 0.1) is 22.1 Å². The Morgan fingerprint density at radius 1 is 0.415 bits per heavy atom. The molecular formula is C36H25BN2O2. The van der Waals surface area contributed by atoms with Crippen LogP contribution in [0.15, 0.2) is 140 Å². The lowest BCUT2D eigenvalue weighted by atomic mass is 9.80. The second-order valence-corrected chi connectivity index (χ2v) is 10.4. The van der Waals surface area contributed by atoms with Crippen LogP contribution < -0.4 is 5.46 Å². The molecule has 0 saturated heterocycles. The molecule has 0 aliphatic heterocycles. The van der Waals surface area contributed by atoms with Crippen molar-refractivity contribution in [3.8, 4) is 22.5 Å². The van der Waals surface area contributed by atoms with E-state index in [1.54, 1.807) is 6.07 Å². The molecule has 2 aromatic heterocycles. The molecule has 194 valence electrons. The Balaban J connectivity index is 1.55. The summed E-state index contributed by atoms with van der Waals surface area (Å²) < 4.78 is 4.63. The van der Waals surface area contributed by atoms with Crippen LogP contribution in [0.4, 0.5) is 0 Å². The lowest BCUT2D eigenvalue weighted by Gasteiger charge is -2.14. The average Bonchev–Trinajstić information content (AvgIpc) is 3.55. The lowest BCUT2D eigenvalue weighted by Crippen LogP contribution is -2.29. The van der Waals surface area contributed by atoms with Crippen molar-refractivity contribution < 1.29 is 10.0 Å². The van der Waals surface area contributed by atoms with Crippen LogP contribution in [0.3, 0.4) is 0 Å². The Kier molecular flexibility index (Phi) is 5.35. The van der Waals surface area contributed by atoms with Gasteiger partial charge in [-0.1, -0.05) is 103 Å². The number of benzene rings is 6. The van der Waals surface area contributed by atoms with Crippen LogP contribution in [0, 0.1) is 0 Å². The fraction of sp³-hybridized carbons (Fsp3) is 0. The standard InChI is InChI=1S/C36H25BN2O2/c40-37(41)26-13-9-15-28(23-26)39-34-19-7-5-17-30(34)32-21-20-31-29-16-4-6-18-33(29)38(35(31)36(32)39)27-14-8-12-25(22-27)24-10-2-1-3-11-24/h1-23,40-41H. The van der Waals surface area contributed by atoms with Crippen LogP contribution in [0.1, 0.15) is 0 Å². The van der Waals surface area contributed by atoms with Crippen molar-refractivity contribution in [3.05, 3.63) is 140 Å². The van der Waals surface area contributed by atoms with Gasteiger partial charge in [0.2, 0.25) is 0 Å². The van der Waals surface area contributed by atoms with Crippen LogP contribution in [0.2, 0.25) is 0 Å². The van der Waals surface area contributed by atoms with Crippen LogP contribution in [0.25, 0.3) is 66.1 Å². The van der Waals surface area contributed by atoms with Gasteiger partial charge in [0.25, 0.3) is 0 Å². The summed E-state index contributed by atoms with van der Waals surface area (Å²) >= 11 is 0. The minimum atomic E-state index is -1.55. The first-order valence-electron chi connectivity index (χ1n) is 13.8. The molecule has 5 heteroatoms. The number of aromatic nitrogens is 2. The molecule has 41 heavy (non-hydrogen) atoms. The Morgan fingerprint density at radius 3 is 1.54 bits per heavy atom. The van der Waals surface area contributed by atoms with E-state index in [1.165, 1.54) is 16.3 Å². The van der Waals surface area contributed by atoms with Gasteiger partial charge in [-0.3, -0.25) is 0 Å². The summed E-state index contributed by atoms with van der Waals surface area (Å²) in [6.07, 6.45) is 0. The molecule has 0 spiro atoms. The molecule has 0 unspecified atom stereocenters. The van der Waals surface area contributed by atoms with Crippen molar-refractivity contribution in [1.82, 2.24) is 9.13 Å². The maximum Gasteiger partial charge on any atom is 0.488 e. The summed E-state index contributed by atoms with van der Waals surface area (Å²) in [6, 6.07) is 48.1. The van der Waals surface area contributed by atoms with Gasteiger partial charge < -0.3 is 19.2 Å². The normalized spacial score (nSPS) is 11.7. The summed E-state index contributed by atoms with van der Waals surface area (Å²) in [5.74, 6) is 0. The molecule has 2 N–H and O–H groups in total. The van der Waals surface area contributed by atoms with E-state index in [2.05, 4.69) is 118 Å². The van der Waals surface area contributed by atoms with Crippen LogP contribution in [-0.2, 0) is 0 Å². The maximum absolute atomic E-state index is 9.99. The summed E-state index contributed by atoms with van der Waals surface area (Å²) in [6.45, 7) is 0. The van der Waals surface area contributed by atoms with Crippen molar-refractivity contribution in [2.24, 2.45) is 0 Å². The highest BCUT2D eigenvalue weighted by molar-refractivity contribution is 6.58. The molecule has 6 aromatic carbocycles. The molecule has 4 nitrogen and oxygen atoms in total. The van der Waals surface area contributed by atoms with Crippen molar-refractivity contribution in [2.45, 2.75) is 0 Å². The fourth-order valence-electron chi connectivity index (χ4n) is 6.32. The number of hydrogen-bond acceptors (Lipinski definition) is 2. The number of nitrogens with zero attached hydrogens (tertiary/aromatic N) is 2. The molecule has 0 aliphatic rings. The van der Waals surface area contributed by atoms with Gasteiger partial charge in [0, 0.05) is 32.9 Å². The molecule has 2 heterocycles. The molecule has 0 bridgehead atoms. The van der Waals surface area contributed by atoms with Crippen molar-refractivity contribution in [1.29, 1.82) is 0 Å². The second kappa shape index (κ2) is 9.24. The number of rotatable bonds is 4. The van der Waals surface area contributed by atoms with Crippen LogP contribution in [0.5, 0.6) is 0 Å². The highest BCUT2D eigenvalue weighted by Gasteiger charge is 2.22. The molecule has 0 radical (unpaired) electrons. The van der Waals surface area contributed by atoms with Crippen molar-refractivity contribution in [3.63, 3.8) is 0 Å². The summed E-state index contributed by atoms with van der Waals surface area (Å²) in [5, 5.41) is 24.6. The second-order valence-electron chi connectivity index (χ2n) is 10.4. The van der Waals surface area contributed by atoms with E-state index in [1.807, 2.05) is 24.3 Å². The van der Waals surface area contributed by atoms with E-state index < -0.39 is 7.12 Å². The van der Waals surface area contributed by atoms with E-state index in [4.69, 9.17) is 0 Å². The minimum absolute atomic E-state index is 0.455. The number of hydrogen-bond donors (Lipinski definition) is 2. The van der Waals surface area contributed by atoms with E-state index in [9.17, 15) is 10.0 Å². The van der Waals surface area contributed by atoms with Gasteiger partial charge in [-0.25, -0.2) is 0 Å². The van der Waals surface area contributed by atoms with Gasteiger partial charge >= 0.3 is 7.12 Å². The van der Waals surface area contributed by atoms with Gasteiger partial charge in [-0.05, 0) is 53.0 Å². The minimum Gasteiger partial charge on any atom is -0.423 e. The third-order valence-corrected chi connectivity index (χ3v) is 8.11. The first kappa shape index (κ1) is 23.8. The highest BCUT2D eigenvalue weighted by Crippen LogP contribution is 2.41. The van der Waals surface area contributed by atoms with Crippen molar-refractivity contribution in [2.75, 3.05) is 0 Å². The van der Waals surface area contributed by atoms with Gasteiger partial charge in [-0.15, -0.1) is 0 Å². The Labute approximate surface area is 237 Å². The van der Waals surface area contributed by atoms with Gasteiger partial charge in [0.1, 0.15) is 0 Å². The predicted molar refractivity (Wildman–Crippen MR) is 170 cm³/mol. The van der Waals surface area contributed by atoms with E-state index in [-0.39, 0.29) is 0 Å². The Bertz CT molecular complexity index is 2250. The summed E-state index contributed by atoms with van der Waals surface area (Å²) in [5.41, 5.74) is 9.14. The zero-order valence-corrected chi connectivity index (χ0v) is 22.1. The molecular weight excluding hydrogens is 503 g/mol. The average molecular weight is 528 g/mol. The van der Waals surface area contributed by atoms with Crippen LogP contribution in [-0.4, -0.2) is 26.3 Å². The summed E-state index contributed by atoms with van der Waals surface area (Å²) in [4.78, 5) is 0. The zero-order valence-electron chi connectivity index (χ0n) is 22.1. The Hall–Kier alpha value is -5.10. The quantitative estimate of drug-likeness (QED) is 0.237. The number of para-hydroxylation sites is 2. The first-order valence-corrected chi connectivity index (χ1v) is 13.8. The summed E-state index contributed by atoms with van der Waals surface area (Å²) in [7, 11) is -1.55. The zero-order chi connectivity index (χ0) is 27.5. The van der Waals surface area contributed by atoms with Gasteiger partial charge in [-0.2, -0.15) is 0 Å². The monoisotopic (exact) mass is 528 g/mol. The van der Waals surface area contributed by atoms with Gasteiger partial charge in [0.15, 0.2) is 0 Å². The number of fused-ring (bicyclic) bond motifs is 7. The Morgan fingerprint density at radius 2 is 0.927 bits per heavy atom. The lowest BCUT2D eigenvalue weighted by molar-refractivity contribution is 0.426. The predicted octanol–water partition coefficient (Wildman–Crippen LogP) is 7.23. The largest absolute Gasteiger partial charge is 0.488 e. The third kappa shape index (κ3) is 3.64. The first-order chi connectivity index (χ1) is 20.2. The topological polar surface area (TPSA) is 50.3 Å². The van der Waals surface area contributed by atoms with E-state index >= 15 is 0 Å². The van der Waals surface area contributed by atoms with Crippen molar-refractivity contribution >= 4 is 56.2 Å². The highest BCUT2D eigenvalue weighted by atomic mass is 16.4. The molecule has 8 rings (SSSR count).